The normalized spacial score (nSPS) is 11.3. The first-order valence-corrected chi connectivity index (χ1v) is 5.75. The molecule has 0 atom stereocenters. The summed E-state index contributed by atoms with van der Waals surface area (Å²) >= 11 is 0. The largest absolute Gasteiger partial charge is 0.508 e. The molecular weight excluding hydrogens is 233 g/mol. The van der Waals surface area contributed by atoms with Gasteiger partial charge in [-0.25, -0.2) is 9.97 Å². The Labute approximate surface area is 105 Å². The summed E-state index contributed by atoms with van der Waals surface area (Å²) in [4.78, 5) is 8.45. The van der Waals surface area contributed by atoms with Crippen LogP contribution >= 0.6 is 0 Å². The van der Waals surface area contributed by atoms with Gasteiger partial charge in [-0.05, 0) is 26.8 Å². The third kappa shape index (κ3) is 1.95. The molecule has 0 amide bonds. The number of aryl methyl sites for hydroxylation is 1. The molecule has 0 aliphatic heterocycles. The van der Waals surface area contributed by atoms with Crippen LogP contribution in [0.4, 0.5) is 0 Å². The van der Waals surface area contributed by atoms with E-state index in [1.54, 1.807) is 6.07 Å². The summed E-state index contributed by atoms with van der Waals surface area (Å²) in [5, 5.41) is 18.5. The van der Waals surface area contributed by atoms with Gasteiger partial charge in [0.2, 0.25) is 5.88 Å². The summed E-state index contributed by atoms with van der Waals surface area (Å²) in [5.41, 5.74) is 1.58. The van der Waals surface area contributed by atoms with E-state index >= 15 is 0 Å². The SMILES string of the molecule is COc1nc(B(O)O)cc2c1nc(C)n2C(C)C. The number of pyridine rings is 1. The van der Waals surface area contributed by atoms with E-state index in [1.165, 1.54) is 7.11 Å². The van der Waals surface area contributed by atoms with Gasteiger partial charge in [-0.3, -0.25) is 0 Å². The number of rotatable bonds is 3. The van der Waals surface area contributed by atoms with Crippen LogP contribution in [0.25, 0.3) is 11.0 Å². The maximum absolute atomic E-state index is 9.25. The molecule has 0 aromatic carbocycles. The maximum Gasteiger partial charge on any atom is 0.508 e. The van der Waals surface area contributed by atoms with Gasteiger partial charge in [-0.2, -0.15) is 0 Å². The van der Waals surface area contributed by atoms with E-state index in [0.29, 0.717) is 11.4 Å². The van der Waals surface area contributed by atoms with Crippen molar-refractivity contribution in [2.24, 2.45) is 0 Å². The van der Waals surface area contributed by atoms with Gasteiger partial charge < -0.3 is 19.4 Å². The van der Waals surface area contributed by atoms with E-state index in [2.05, 4.69) is 9.97 Å². The fourth-order valence-corrected chi connectivity index (χ4v) is 2.13. The number of ether oxygens (including phenoxy) is 1. The van der Waals surface area contributed by atoms with E-state index < -0.39 is 7.12 Å². The topological polar surface area (TPSA) is 80.4 Å². The molecule has 0 radical (unpaired) electrons. The van der Waals surface area contributed by atoms with Gasteiger partial charge in [0.25, 0.3) is 0 Å². The van der Waals surface area contributed by atoms with Crippen LogP contribution < -0.4 is 10.3 Å². The van der Waals surface area contributed by atoms with Gasteiger partial charge in [0.15, 0.2) is 5.52 Å². The molecule has 2 aromatic heterocycles. The number of methoxy groups -OCH3 is 1. The number of imidazole rings is 1. The first-order chi connectivity index (χ1) is 8.45. The van der Waals surface area contributed by atoms with Gasteiger partial charge in [0.1, 0.15) is 5.82 Å². The minimum Gasteiger partial charge on any atom is -0.479 e. The highest BCUT2D eigenvalue weighted by atomic mass is 16.5. The van der Waals surface area contributed by atoms with Crippen LogP contribution in [0.5, 0.6) is 5.88 Å². The summed E-state index contributed by atoms with van der Waals surface area (Å²) in [6.07, 6.45) is 0. The highest BCUT2D eigenvalue weighted by molar-refractivity contribution is 6.57. The zero-order chi connectivity index (χ0) is 13.4. The Morgan fingerprint density at radius 3 is 2.50 bits per heavy atom. The molecular formula is C11H16BN3O3. The summed E-state index contributed by atoms with van der Waals surface area (Å²) in [5.74, 6) is 1.14. The Balaban J connectivity index is 2.80. The molecule has 0 aliphatic carbocycles. The smallest absolute Gasteiger partial charge is 0.479 e. The molecule has 0 bridgehead atoms. The molecule has 0 aliphatic rings. The van der Waals surface area contributed by atoms with Crippen LogP contribution in [0.3, 0.4) is 0 Å². The summed E-state index contributed by atoms with van der Waals surface area (Å²) in [7, 11) is -0.141. The Kier molecular flexibility index (Phi) is 3.27. The predicted molar refractivity (Wildman–Crippen MR) is 69.0 cm³/mol. The molecule has 2 aromatic rings. The Morgan fingerprint density at radius 2 is 2.00 bits per heavy atom. The molecule has 2 heterocycles. The fraction of sp³-hybridized carbons (Fsp3) is 0.455. The average Bonchev–Trinajstić information content (AvgIpc) is 2.63. The van der Waals surface area contributed by atoms with Crippen LogP contribution in [0, 0.1) is 6.92 Å². The van der Waals surface area contributed by atoms with Crippen LogP contribution in [0.2, 0.25) is 0 Å². The minimum atomic E-state index is -1.63. The van der Waals surface area contributed by atoms with Crippen LogP contribution in [0.15, 0.2) is 6.07 Å². The minimum absolute atomic E-state index is 0.154. The standard InChI is InChI=1S/C11H16BN3O3/c1-6(2)15-7(3)13-10-8(15)5-9(12(16)17)14-11(10)18-4/h5-6,16-17H,1-4H3. The highest BCUT2D eigenvalue weighted by Crippen LogP contribution is 2.25. The van der Waals surface area contributed by atoms with Gasteiger partial charge in [0, 0.05) is 6.04 Å². The van der Waals surface area contributed by atoms with Gasteiger partial charge in [0.05, 0.1) is 18.2 Å². The van der Waals surface area contributed by atoms with Gasteiger partial charge >= 0.3 is 7.12 Å². The van der Waals surface area contributed by atoms with E-state index in [9.17, 15) is 10.0 Å². The molecule has 7 heteroatoms. The Hall–Kier alpha value is -1.60. The second-order valence-electron chi connectivity index (χ2n) is 4.42. The summed E-state index contributed by atoms with van der Waals surface area (Å²) in [6.45, 7) is 5.97. The molecule has 6 nitrogen and oxygen atoms in total. The molecule has 0 spiro atoms. The predicted octanol–water partition coefficient (Wildman–Crippen LogP) is 0.00902. The van der Waals surface area contributed by atoms with Crippen LogP contribution in [-0.4, -0.2) is 38.8 Å². The molecule has 0 unspecified atom stereocenters. The van der Waals surface area contributed by atoms with Crippen molar-refractivity contribution in [1.29, 1.82) is 0 Å². The van der Waals surface area contributed by atoms with Crippen molar-refractivity contribution in [3.8, 4) is 5.88 Å². The first kappa shape index (κ1) is 12.9. The lowest BCUT2D eigenvalue weighted by Crippen LogP contribution is -2.33. The van der Waals surface area contributed by atoms with Crippen molar-refractivity contribution in [2.45, 2.75) is 26.8 Å². The zero-order valence-corrected chi connectivity index (χ0v) is 10.9. The Morgan fingerprint density at radius 1 is 1.33 bits per heavy atom. The molecule has 2 rings (SSSR count). The van der Waals surface area contributed by atoms with E-state index in [0.717, 1.165) is 11.3 Å². The third-order valence-corrected chi connectivity index (χ3v) is 2.82. The number of nitrogens with zero attached hydrogens (tertiary/aromatic N) is 3. The van der Waals surface area contributed by atoms with E-state index in [4.69, 9.17) is 4.74 Å². The molecule has 0 fully saturated rings. The molecule has 0 saturated carbocycles. The number of fused-ring (bicyclic) bond motifs is 1. The summed E-state index contributed by atoms with van der Waals surface area (Å²) < 4.78 is 7.16. The zero-order valence-electron chi connectivity index (χ0n) is 10.9. The lowest BCUT2D eigenvalue weighted by atomic mass is 9.85. The monoisotopic (exact) mass is 249 g/mol. The highest BCUT2D eigenvalue weighted by Gasteiger charge is 2.21. The molecule has 0 saturated heterocycles. The van der Waals surface area contributed by atoms with E-state index in [1.807, 2.05) is 25.3 Å². The van der Waals surface area contributed by atoms with Crippen molar-refractivity contribution < 1.29 is 14.8 Å². The van der Waals surface area contributed by atoms with Gasteiger partial charge in [-0.1, -0.05) is 0 Å². The maximum atomic E-state index is 9.25. The lowest BCUT2D eigenvalue weighted by Gasteiger charge is -2.11. The van der Waals surface area contributed by atoms with E-state index in [-0.39, 0.29) is 11.6 Å². The molecule has 2 N–H and O–H groups in total. The third-order valence-electron chi connectivity index (χ3n) is 2.82. The number of hydrogen-bond acceptors (Lipinski definition) is 5. The average molecular weight is 249 g/mol. The van der Waals surface area contributed by atoms with Gasteiger partial charge in [-0.15, -0.1) is 0 Å². The second-order valence-corrected chi connectivity index (χ2v) is 4.42. The van der Waals surface area contributed by atoms with Crippen molar-refractivity contribution >= 4 is 23.7 Å². The fourth-order valence-electron chi connectivity index (χ4n) is 2.13. The quantitative estimate of drug-likeness (QED) is 0.749. The second kappa shape index (κ2) is 4.58. The number of aromatic nitrogens is 3. The lowest BCUT2D eigenvalue weighted by molar-refractivity contribution is 0.399. The molecule has 96 valence electrons. The van der Waals surface area contributed by atoms with Crippen molar-refractivity contribution in [2.75, 3.05) is 7.11 Å². The van der Waals surface area contributed by atoms with Crippen LogP contribution in [0.1, 0.15) is 25.7 Å². The first-order valence-electron chi connectivity index (χ1n) is 5.75. The molecule has 18 heavy (non-hydrogen) atoms. The van der Waals surface area contributed by atoms with Crippen molar-refractivity contribution in [3.05, 3.63) is 11.9 Å². The van der Waals surface area contributed by atoms with Crippen LogP contribution in [-0.2, 0) is 0 Å². The van der Waals surface area contributed by atoms with Crippen molar-refractivity contribution in [3.63, 3.8) is 0 Å². The Bertz CT molecular complexity index is 580. The number of hydrogen-bond donors (Lipinski definition) is 2. The van der Waals surface area contributed by atoms with Crippen molar-refractivity contribution in [1.82, 2.24) is 14.5 Å². The summed E-state index contributed by atoms with van der Waals surface area (Å²) in [6, 6.07) is 1.84.